The van der Waals surface area contributed by atoms with Gasteiger partial charge >= 0.3 is 6.18 Å². The van der Waals surface area contributed by atoms with Crippen LogP contribution < -0.4 is 10.6 Å². The van der Waals surface area contributed by atoms with Gasteiger partial charge in [-0.3, -0.25) is 0 Å². The van der Waals surface area contributed by atoms with Crippen molar-refractivity contribution >= 4 is 23.0 Å². The Morgan fingerprint density at radius 2 is 1.68 bits per heavy atom. The molecule has 104 valence electrons. The highest BCUT2D eigenvalue weighted by Gasteiger charge is 2.29. The van der Waals surface area contributed by atoms with Crippen LogP contribution in [-0.4, -0.2) is 11.2 Å². The number of alkyl halides is 3. The lowest BCUT2D eigenvalue weighted by molar-refractivity contribution is -0.137. The average molecular weight is 288 g/mol. The lowest BCUT2D eigenvalue weighted by Crippen LogP contribution is -2.35. The average Bonchev–Trinajstić information content (AvgIpc) is 2.81. The van der Waals surface area contributed by atoms with Gasteiger partial charge in [-0.2, -0.15) is 13.2 Å². The molecule has 1 aliphatic carbocycles. The van der Waals surface area contributed by atoms with E-state index in [1.165, 1.54) is 25.0 Å². The van der Waals surface area contributed by atoms with Crippen LogP contribution in [0.25, 0.3) is 0 Å². The molecule has 2 nitrogen and oxygen atoms in total. The fourth-order valence-corrected chi connectivity index (χ4v) is 2.45. The summed E-state index contributed by atoms with van der Waals surface area (Å²) in [7, 11) is 0. The van der Waals surface area contributed by atoms with Gasteiger partial charge in [-0.1, -0.05) is 12.8 Å². The van der Waals surface area contributed by atoms with Crippen LogP contribution in [0.3, 0.4) is 0 Å². The number of hydrogen-bond donors (Lipinski definition) is 2. The van der Waals surface area contributed by atoms with E-state index >= 15 is 0 Å². The molecule has 1 aromatic carbocycles. The molecule has 0 saturated heterocycles. The molecular formula is C13H15F3N2S. The van der Waals surface area contributed by atoms with Crippen LogP contribution in [0.5, 0.6) is 0 Å². The van der Waals surface area contributed by atoms with E-state index in [0.29, 0.717) is 16.8 Å². The predicted molar refractivity (Wildman–Crippen MR) is 73.1 cm³/mol. The van der Waals surface area contributed by atoms with Crippen LogP contribution >= 0.6 is 12.2 Å². The first-order valence-corrected chi connectivity index (χ1v) is 6.61. The lowest BCUT2D eigenvalue weighted by Gasteiger charge is -2.16. The minimum Gasteiger partial charge on any atom is -0.360 e. The van der Waals surface area contributed by atoms with Crippen LogP contribution in [-0.2, 0) is 6.18 Å². The third-order valence-corrected chi connectivity index (χ3v) is 3.38. The van der Waals surface area contributed by atoms with Crippen molar-refractivity contribution in [3.8, 4) is 0 Å². The molecule has 0 atom stereocenters. The number of hydrogen-bond acceptors (Lipinski definition) is 1. The van der Waals surface area contributed by atoms with E-state index < -0.39 is 11.7 Å². The molecule has 6 heteroatoms. The smallest absolute Gasteiger partial charge is 0.360 e. The van der Waals surface area contributed by atoms with Gasteiger partial charge in [0.25, 0.3) is 0 Å². The first-order valence-electron chi connectivity index (χ1n) is 6.20. The summed E-state index contributed by atoms with van der Waals surface area (Å²) in [5.74, 6) is 0. The maximum atomic E-state index is 12.4. The van der Waals surface area contributed by atoms with E-state index in [1.807, 2.05) is 0 Å². The topological polar surface area (TPSA) is 24.1 Å². The Bertz CT molecular complexity index is 436. The van der Waals surface area contributed by atoms with Gasteiger partial charge in [0.15, 0.2) is 5.11 Å². The van der Waals surface area contributed by atoms with Crippen molar-refractivity contribution in [2.75, 3.05) is 5.32 Å². The van der Waals surface area contributed by atoms with E-state index in [2.05, 4.69) is 10.6 Å². The molecule has 2 N–H and O–H groups in total. The largest absolute Gasteiger partial charge is 0.416 e. The predicted octanol–water partition coefficient (Wildman–Crippen LogP) is 3.93. The Balaban J connectivity index is 1.90. The van der Waals surface area contributed by atoms with Crippen molar-refractivity contribution in [3.63, 3.8) is 0 Å². The Morgan fingerprint density at radius 3 is 2.21 bits per heavy atom. The summed E-state index contributed by atoms with van der Waals surface area (Å²) in [5, 5.41) is 6.54. The molecule has 19 heavy (non-hydrogen) atoms. The summed E-state index contributed by atoms with van der Waals surface area (Å²) in [5.41, 5.74) is -0.101. The molecule has 1 fully saturated rings. The number of rotatable bonds is 2. The highest BCUT2D eigenvalue weighted by Crippen LogP contribution is 2.29. The minimum absolute atomic E-state index is 0.384. The van der Waals surface area contributed by atoms with Crippen molar-refractivity contribution in [2.45, 2.75) is 37.9 Å². The zero-order valence-corrected chi connectivity index (χ0v) is 11.1. The van der Waals surface area contributed by atoms with Gasteiger partial charge in [0.2, 0.25) is 0 Å². The van der Waals surface area contributed by atoms with Crippen LogP contribution in [0.4, 0.5) is 18.9 Å². The van der Waals surface area contributed by atoms with Crippen molar-refractivity contribution in [3.05, 3.63) is 29.8 Å². The van der Waals surface area contributed by atoms with Crippen LogP contribution in [0, 0.1) is 0 Å². The monoisotopic (exact) mass is 288 g/mol. The minimum atomic E-state index is -4.30. The Labute approximate surface area is 115 Å². The van der Waals surface area contributed by atoms with Crippen molar-refractivity contribution in [1.29, 1.82) is 0 Å². The fourth-order valence-electron chi connectivity index (χ4n) is 2.17. The molecule has 0 radical (unpaired) electrons. The second-order valence-electron chi connectivity index (χ2n) is 4.65. The SMILES string of the molecule is FC(F)(F)c1ccc(NC(=S)NC2CCCC2)cc1. The van der Waals surface area contributed by atoms with Gasteiger partial charge in [0.05, 0.1) is 5.56 Å². The number of halogens is 3. The zero-order valence-electron chi connectivity index (χ0n) is 10.3. The van der Waals surface area contributed by atoms with E-state index in [4.69, 9.17) is 12.2 Å². The maximum absolute atomic E-state index is 12.4. The molecule has 1 saturated carbocycles. The lowest BCUT2D eigenvalue weighted by atomic mass is 10.2. The van der Waals surface area contributed by atoms with Gasteiger partial charge in [-0.25, -0.2) is 0 Å². The third kappa shape index (κ3) is 4.09. The molecular weight excluding hydrogens is 273 g/mol. The van der Waals surface area contributed by atoms with Crippen molar-refractivity contribution < 1.29 is 13.2 Å². The quantitative estimate of drug-likeness (QED) is 0.806. The number of benzene rings is 1. The van der Waals surface area contributed by atoms with Gasteiger partial charge in [0.1, 0.15) is 0 Å². The number of nitrogens with one attached hydrogen (secondary N) is 2. The number of anilines is 1. The summed E-state index contributed by atoms with van der Waals surface area (Å²) in [6.45, 7) is 0. The molecule has 2 rings (SSSR count). The van der Waals surface area contributed by atoms with Crippen LogP contribution in [0.2, 0.25) is 0 Å². The third-order valence-electron chi connectivity index (χ3n) is 3.16. The zero-order chi connectivity index (χ0) is 13.9. The first-order chi connectivity index (χ1) is 8.95. The second-order valence-corrected chi connectivity index (χ2v) is 5.06. The summed E-state index contributed by atoms with van der Waals surface area (Å²) >= 11 is 5.13. The molecule has 0 heterocycles. The summed E-state index contributed by atoms with van der Waals surface area (Å²) in [6, 6.07) is 5.23. The molecule has 1 aromatic rings. The van der Waals surface area contributed by atoms with Crippen LogP contribution in [0.1, 0.15) is 31.2 Å². The van der Waals surface area contributed by atoms with Crippen molar-refractivity contribution in [1.82, 2.24) is 5.32 Å². The first kappa shape index (κ1) is 14.1. The van der Waals surface area contributed by atoms with Gasteiger partial charge in [-0.05, 0) is 49.3 Å². The summed E-state index contributed by atoms with van der Waals surface area (Å²) < 4.78 is 37.2. The Kier molecular flexibility index (Phi) is 4.29. The highest BCUT2D eigenvalue weighted by molar-refractivity contribution is 7.80. The molecule has 0 spiro atoms. The maximum Gasteiger partial charge on any atom is 0.416 e. The summed E-state index contributed by atoms with van der Waals surface area (Å²) in [4.78, 5) is 0. The van der Waals surface area contributed by atoms with Gasteiger partial charge in [0, 0.05) is 11.7 Å². The van der Waals surface area contributed by atoms with Crippen molar-refractivity contribution in [2.24, 2.45) is 0 Å². The molecule has 0 aliphatic heterocycles. The number of thiocarbonyl (C=S) groups is 1. The van der Waals surface area contributed by atoms with E-state index in [1.54, 1.807) is 0 Å². The highest BCUT2D eigenvalue weighted by atomic mass is 32.1. The Morgan fingerprint density at radius 1 is 1.11 bits per heavy atom. The normalized spacial score (nSPS) is 16.4. The molecule has 0 bridgehead atoms. The standard InChI is InChI=1S/C13H15F3N2S/c14-13(15,16)9-5-7-11(8-6-9)18-12(19)17-10-3-1-2-4-10/h5-8,10H,1-4H2,(H2,17,18,19). The molecule has 0 unspecified atom stereocenters. The fraction of sp³-hybridized carbons (Fsp3) is 0.462. The van der Waals surface area contributed by atoms with Gasteiger partial charge in [-0.15, -0.1) is 0 Å². The molecule has 1 aliphatic rings. The second kappa shape index (κ2) is 5.77. The Hall–Kier alpha value is -1.30. The van der Waals surface area contributed by atoms with E-state index in [9.17, 15) is 13.2 Å². The van der Waals surface area contributed by atoms with E-state index in [-0.39, 0.29) is 0 Å². The molecule has 0 amide bonds. The summed E-state index contributed by atoms with van der Waals surface area (Å²) in [6.07, 6.45) is 0.270. The molecule has 0 aromatic heterocycles. The van der Waals surface area contributed by atoms with Crippen LogP contribution in [0.15, 0.2) is 24.3 Å². The van der Waals surface area contributed by atoms with E-state index in [0.717, 1.165) is 25.0 Å². The van der Waals surface area contributed by atoms with Gasteiger partial charge < -0.3 is 10.6 Å².